The average Bonchev–Trinajstić information content (AvgIpc) is 3.06. The van der Waals surface area contributed by atoms with Crippen LogP contribution in [0.5, 0.6) is 5.75 Å². The predicted octanol–water partition coefficient (Wildman–Crippen LogP) is 5.24. The van der Waals surface area contributed by atoms with E-state index >= 15 is 0 Å². The Morgan fingerprint density at radius 1 is 1.14 bits per heavy atom. The zero-order chi connectivity index (χ0) is 29.6. The van der Waals surface area contributed by atoms with Gasteiger partial charge in [0.25, 0.3) is 12.3 Å². The second-order valence-electron chi connectivity index (χ2n) is 12.1. The van der Waals surface area contributed by atoms with Crippen LogP contribution >= 0.6 is 11.6 Å². The lowest BCUT2D eigenvalue weighted by Gasteiger charge is -2.45. The lowest BCUT2D eigenvalue weighted by molar-refractivity contribution is 0.0456. The van der Waals surface area contributed by atoms with E-state index in [1.54, 1.807) is 24.3 Å². The third-order valence-electron chi connectivity index (χ3n) is 9.53. The Balaban J connectivity index is 1.42. The second-order valence-corrected chi connectivity index (χ2v) is 14.5. The van der Waals surface area contributed by atoms with Crippen LogP contribution in [0.2, 0.25) is 5.02 Å². The van der Waals surface area contributed by atoms with Gasteiger partial charge in [0, 0.05) is 29.1 Å². The number of allylic oxidation sites excluding steroid dienone is 1. The van der Waals surface area contributed by atoms with Gasteiger partial charge in [-0.25, -0.2) is 21.9 Å². The first kappa shape index (κ1) is 29.4. The number of halogens is 3. The number of ether oxygens (including phenoxy) is 1. The van der Waals surface area contributed by atoms with E-state index in [-0.39, 0.29) is 35.7 Å². The zero-order valence-corrected chi connectivity index (χ0v) is 24.7. The van der Waals surface area contributed by atoms with Gasteiger partial charge in [-0.1, -0.05) is 29.8 Å². The van der Waals surface area contributed by atoms with Gasteiger partial charge in [0.15, 0.2) is 0 Å². The standard InChI is InChI=1S/C31H35ClF2N2O5S/c32-22-9-11-24-19(14-22)4-3-13-31(24)17-36-16-21-7-10-23(21)26(37)5-1-2-6-28(29(33)34)42(39,40)35-30(38)20-8-12-27(41-18-31)25(36)15-20/h1,5,8-9,11-12,14-15,21,23,26,28-29,37H,2-4,6-7,10,13,16-18H2,(H,35,38)/b5-1-/t21-,23+,26-,28+,31-/m0/s1. The predicted molar refractivity (Wildman–Crippen MR) is 157 cm³/mol. The highest BCUT2D eigenvalue weighted by atomic mass is 35.5. The van der Waals surface area contributed by atoms with Gasteiger partial charge < -0.3 is 14.7 Å². The molecule has 1 amide bonds. The van der Waals surface area contributed by atoms with E-state index < -0.39 is 33.7 Å². The number of alkyl halides is 2. The van der Waals surface area contributed by atoms with E-state index in [4.69, 9.17) is 16.3 Å². The number of aliphatic hydroxyl groups excluding tert-OH is 1. The molecule has 226 valence electrons. The molecule has 2 aliphatic carbocycles. The van der Waals surface area contributed by atoms with E-state index in [2.05, 4.69) is 11.0 Å². The molecule has 0 unspecified atom stereocenters. The minimum absolute atomic E-state index is 0.0173. The van der Waals surface area contributed by atoms with Gasteiger partial charge in [-0.3, -0.25) is 4.79 Å². The number of carbonyl (C=O) groups is 1. The number of fused-ring (bicyclic) bond motifs is 4. The molecule has 2 aromatic carbocycles. The van der Waals surface area contributed by atoms with Crippen molar-refractivity contribution in [3.63, 3.8) is 0 Å². The summed E-state index contributed by atoms with van der Waals surface area (Å²) in [7, 11) is -4.67. The summed E-state index contributed by atoms with van der Waals surface area (Å²) in [6.45, 7) is 1.63. The molecule has 0 radical (unpaired) electrons. The first-order valence-electron chi connectivity index (χ1n) is 14.6. The minimum atomic E-state index is -4.67. The fraction of sp³-hybridized carbons (Fsp3) is 0.516. The van der Waals surface area contributed by atoms with E-state index in [0.717, 1.165) is 32.1 Å². The number of rotatable bonds is 1. The summed E-state index contributed by atoms with van der Waals surface area (Å²) in [5.74, 6) is -0.244. The van der Waals surface area contributed by atoms with E-state index in [0.29, 0.717) is 36.2 Å². The van der Waals surface area contributed by atoms with Crippen LogP contribution < -0.4 is 14.4 Å². The van der Waals surface area contributed by atoms with E-state index in [1.807, 2.05) is 16.9 Å². The average molecular weight is 621 g/mol. The summed E-state index contributed by atoms with van der Waals surface area (Å²) in [4.78, 5) is 15.4. The van der Waals surface area contributed by atoms with Crippen molar-refractivity contribution < 1.29 is 31.8 Å². The van der Waals surface area contributed by atoms with E-state index in [1.165, 1.54) is 17.2 Å². The molecule has 2 aromatic rings. The Bertz CT molecular complexity index is 1500. The number of nitrogens with one attached hydrogen (secondary N) is 1. The lowest BCUT2D eigenvalue weighted by atomic mass is 9.68. The van der Waals surface area contributed by atoms with Crippen molar-refractivity contribution in [3.8, 4) is 5.75 Å². The Hall–Kier alpha value is -2.69. The largest absolute Gasteiger partial charge is 0.490 e. The van der Waals surface area contributed by atoms with Gasteiger partial charge in [0.1, 0.15) is 11.0 Å². The maximum Gasteiger partial charge on any atom is 0.264 e. The third-order valence-corrected chi connectivity index (χ3v) is 11.5. The molecule has 0 aromatic heterocycles. The van der Waals surface area contributed by atoms with Crippen LogP contribution in [0, 0.1) is 11.8 Å². The topological polar surface area (TPSA) is 95.9 Å². The first-order valence-corrected chi connectivity index (χ1v) is 16.5. The highest BCUT2D eigenvalue weighted by molar-refractivity contribution is 7.90. The van der Waals surface area contributed by atoms with Crippen molar-refractivity contribution in [3.05, 3.63) is 70.3 Å². The molecule has 2 bridgehead atoms. The number of nitrogens with zero attached hydrogens (tertiary/aromatic N) is 1. The van der Waals surface area contributed by atoms with Crippen LogP contribution in [0.1, 0.15) is 60.0 Å². The summed E-state index contributed by atoms with van der Waals surface area (Å²) in [5, 5.41) is 9.60. The molecule has 42 heavy (non-hydrogen) atoms. The number of carbonyl (C=O) groups excluding carboxylic acids is 1. The molecule has 5 atom stereocenters. The number of hydrogen-bond acceptors (Lipinski definition) is 6. The molecule has 1 saturated carbocycles. The second kappa shape index (κ2) is 11.4. The molecule has 2 N–H and O–H groups in total. The molecular formula is C31H35ClF2N2O5S. The smallest absolute Gasteiger partial charge is 0.264 e. The Morgan fingerprint density at radius 3 is 2.74 bits per heavy atom. The molecule has 4 aliphatic rings. The van der Waals surface area contributed by atoms with Crippen LogP contribution in [0.4, 0.5) is 14.5 Å². The lowest BCUT2D eigenvalue weighted by Crippen LogP contribution is -2.49. The summed E-state index contributed by atoms with van der Waals surface area (Å²) in [6, 6.07) is 10.7. The molecule has 6 rings (SSSR count). The van der Waals surface area contributed by atoms with Crippen LogP contribution in [-0.4, -0.2) is 56.9 Å². The third kappa shape index (κ3) is 5.53. The molecule has 11 heteroatoms. The highest BCUT2D eigenvalue weighted by Gasteiger charge is 2.44. The molecule has 1 spiro atoms. The molecule has 1 fully saturated rings. The van der Waals surface area contributed by atoms with Gasteiger partial charge in [0.05, 0.1) is 18.4 Å². The zero-order valence-electron chi connectivity index (χ0n) is 23.1. The van der Waals surface area contributed by atoms with E-state index in [9.17, 15) is 27.1 Å². The number of amides is 1. The summed E-state index contributed by atoms with van der Waals surface area (Å²) in [5.41, 5.74) is 2.73. The first-order chi connectivity index (χ1) is 20.1. The maximum atomic E-state index is 13.8. The van der Waals surface area contributed by atoms with Gasteiger partial charge >= 0.3 is 0 Å². The SMILES string of the molecule is O=C1NS(=O)(=O)[C@@H](C(F)F)CC/C=C\[C@H](O)[C@@H]2CC[C@H]2CN2C[C@@]3(CCCc4cc(Cl)ccc43)COc3ccc1cc32. The van der Waals surface area contributed by atoms with Gasteiger partial charge in [-0.2, -0.15) is 0 Å². The summed E-state index contributed by atoms with van der Waals surface area (Å²) in [6.07, 6.45) is 3.41. The fourth-order valence-electron chi connectivity index (χ4n) is 7.13. The Kier molecular flexibility index (Phi) is 8.00. The van der Waals surface area contributed by atoms with Crippen molar-refractivity contribution in [1.29, 1.82) is 0 Å². The van der Waals surface area contributed by atoms with Crippen LogP contribution in [-0.2, 0) is 21.9 Å². The van der Waals surface area contributed by atoms with Gasteiger partial charge in [-0.15, -0.1) is 0 Å². The maximum absolute atomic E-state index is 13.8. The van der Waals surface area contributed by atoms with Crippen molar-refractivity contribution in [2.45, 2.75) is 68.1 Å². The Labute approximate surface area is 249 Å². The number of hydrogen-bond donors (Lipinski definition) is 2. The summed E-state index contributed by atoms with van der Waals surface area (Å²) >= 11 is 6.35. The monoisotopic (exact) mass is 620 g/mol. The number of aryl methyl sites for hydroxylation is 1. The molecule has 2 aliphatic heterocycles. The van der Waals surface area contributed by atoms with Crippen molar-refractivity contribution in [2.24, 2.45) is 11.8 Å². The van der Waals surface area contributed by atoms with Crippen LogP contribution in [0.3, 0.4) is 0 Å². The van der Waals surface area contributed by atoms with Crippen LogP contribution in [0.25, 0.3) is 0 Å². The van der Waals surface area contributed by atoms with Crippen molar-refractivity contribution in [1.82, 2.24) is 4.72 Å². The van der Waals surface area contributed by atoms with Crippen molar-refractivity contribution in [2.75, 3.05) is 24.6 Å². The molecule has 7 nitrogen and oxygen atoms in total. The number of anilines is 1. The quantitative estimate of drug-likeness (QED) is 0.423. The Morgan fingerprint density at radius 2 is 1.98 bits per heavy atom. The number of sulfonamides is 1. The normalized spacial score (nSPS) is 31.6. The highest BCUT2D eigenvalue weighted by Crippen LogP contribution is 2.46. The number of benzene rings is 2. The fourth-order valence-corrected chi connectivity index (χ4v) is 8.57. The molecule has 0 saturated heterocycles. The van der Waals surface area contributed by atoms with Gasteiger partial charge in [0.2, 0.25) is 10.0 Å². The molecule has 2 heterocycles. The molecular weight excluding hydrogens is 586 g/mol. The minimum Gasteiger partial charge on any atom is -0.490 e. The summed E-state index contributed by atoms with van der Waals surface area (Å²) < 4.78 is 61.7. The van der Waals surface area contributed by atoms with Gasteiger partial charge in [-0.05, 0) is 98.2 Å². The van der Waals surface area contributed by atoms with Crippen molar-refractivity contribution >= 4 is 33.2 Å². The van der Waals surface area contributed by atoms with Crippen LogP contribution in [0.15, 0.2) is 48.6 Å². The number of aliphatic hydroxyl groups is 1.